The average Bonchev–Trinajstić information content (AvgIpc) is 3.14. The summed E-state index contributed by atoms with van der Waals surface area (Å²) in [6, 6.07) is 7.48. The highest BCUT2D eigenvalue weighted by molar-refractivity contribution is 7.89. The Hall–Kier alpha value is -1.70. The third-order valence-electron chi connectivity index (χ3n) is 5.01. The molecule has 134 valence electrons. The van der Waals surface area contributed by atoms with Crippen LogP contribution in [-0.4, -0.2) is 48.3 Å². The van der Waals surface area contributed by atoms with Gasteiger partial charge in [0.1, 0.15) is 0 Å². The van der Waals surface area contributed by atoms with Gasteiger partial charge in [0.25, 0.3) is 0 Å². The van der Waals surface area contributed by atoms with E-state index < -0.39 is 10.0 Å². The van der Waals surface area contributed by atoms with Crippen molar-refractivity contribution in [3.05, 3.63) is 47.8 Å². The van der Waals surface area contributed by atoms with Gasteiger partial charge in [-0.3, -0.25) is 4.68 Å². The van der Waals surface area contributed by atoms with Crippen LogP contribution in [0.4, 0.5) is 0 Å². The van der Waals surface area contributed by atoms with Crippen LogP contribution in [0.25, 0.3) is 0 Å². The zero-order chi connectivity index (χ0) is 17.3. The number of hydrogen-bond donors (Lipinski definition) is 0. The lowest BCUT2D eigenvalue weighted by molar-refractivity contribution is -0.0120. The normalized spacial score (nSPS) is 21.8. The second-order valence-corrected chi connectivity index (χ2v) is 8.66. The smallest absolute Gasteiger partial charge is 0.243 e. The number of aromatic nitrogens is 2. The molecule has 1 atom stereocenters. The maximum Gasteiger partial charge on any atom is 0.243 e. The summed E-state index contributed by atoms with van der Waals surface area (Å²) in [6.07, 6.45) is 7.76. The molecule has 1 aliphatic carbocycles. The molecule has 0 radical (unpaired) electrons. The Morgan fingerprint density at radius 2 is 2.04 bits per heavy atom. The Balaban J connectivity index is 1.53. The van der Waals surface area contributed by atoms with Crippen LogP contribution in [0.15, 0.2) is 41.6 Å². The van der Waals surface area contributed by atoms with Gasteiger partial charge in [0.2, 0.25) is 10.0 Å². The highest BCUT2D eigenvalue weighted by Gasteiger charge is 2.31. The van der Waals surface area contributed by atoms with Crippen molar-refractivity contribution in [3.63, 3.8) is 0 Å². The van der Waals surface area contributed by atoms with Crippen molar-refractivity contribution in [1.29, 1.82) is 0 Å². The summed E-state index contributed by atoms with van der Waals surface area (Å²) in [6.45, 7) is 1.73. The minimum atomic E-state index is -3.48. The molecule has 1 aromatic heterocycles. The van der Waals surface area contributed by atoms with Crippen molar-refractivity contribution in [2.75, 3.05) is 19.7 Å². The van der Waals surface area contributed by atoms with Gasteiger partial charge >= 0.3 is 0 Å². The second kappa shape index (κ2) is 6.90. The Morgan fingerprint density at radius 3 is 2.84 bits per heavy atom. The van der Waals surface area contributed by atoms with E-state index in [1.54, 1.807) is 21.3 Å². The number of fused-ring (bicyclic) bond motifs is 1. The van der Waals surface area contributed by atoms with Crippen LogP contribution in [0.5, 0.6) is 0 Å². The predicted octanol–water partition coefficient (Wildman–Crippen LogP) is 1.85. The molecule has 0 bridgehead atoms. The summed E-state index contributed by atoms with van der Waals surface area (Å²) >= 11 is 0. The minimum absolute atomic E-state index is 0.180. The first kappa shape index (κ1) is 16.8. The molecule has 1 fully saturated rings. The van der Waals surface area contributed by atoms with E-state index >= 15 is 0 Å². The first-order valence-corrected chi connectivity index (χ1v) is 10.3. The van der Waals surface area contributed by atoms with Gasteiger partial charge in [0.15, 0.2) is 0 Å². The Bertz CT molecular complexity index is 833. The van der Waals surface area contributed by atoms with E-state index in [9.17, 15) is 8.42 Å². The molecule has 0 spiro atoms. The molecule has 2 aromatic rings. The number of benzene rings is 1. The van der Waals surface area contributed by atoms with Crippen molar-refractivity contribution >= 4 is 10.0 Å². The SMILES string of the molecule is O=S(=O)(c1ccc2c(c1)CCCC2)N1CCOC(Cn2cccn2)C1. The van der Waals surface area contributed by atoms with Gasteiger partial charge in [0, 0.05) is 25.5 Å². The zero-order valence-corrected chi connectivity index (χ0v) is 15.0. The molecule has 0 N–H and O–H groups in total. The van der Waals surface area contributed by atoms with Crippen LogP contribution >= 0.6 is 0 Å². The van der Waals surface area contributed by atoms with Gasteiger partial charge in [0.05, 0.1) is 24.2 Å². The summed E-state index contributed by atoms with van der Waals surface area (Å²) in [5.74, 6) is 0. The maximum absolute atomic E-state index is 13.1. The molecule has 4 rings (SSSR count). The number of hydrogen-bond acceptors (Lipinski definition) is 4. The fourth-order valence-corrected chi connectivity index (χ4v) is 5.16. The molecule has 7 heteroatoms. The van der Waals surface area contributed by atoms with Gasteiger partial charge < -0.3 is 4.74 Å². The van der Waals surface area contributed by atoms with Crippen molar-refractivity contribution < 1.29 is 13.2 Å². The van der Waals surface area contributed by atoms with E-state index in [0.717, 1.165) is 19.3 Å². The highest BCUT2D eigenvalue weighted by Crippen LogP contribution is 2.26. The molecule has 1 unspecified atom stereocenters. The Kier molecular flexibility index (Phi) is 4.62. The van der Waals surface area contributed by atoms with Crippen LogP contribution in [-0.2, 0) is 34.1 Å². The molecule has 1 aromatic carbocycles. The molecule has 6 nitrogen and oxygen atoms in total. The van der Waals surface area contributed by atoms with Crippen molar-refractivity contribution in [2.45, 2.75) is 43.2 Å². The molecular formula is C18H23N3O3S. The van der Waals surface area contributed by atoms with E-state index in [1.807, 2.05) is 24.4 Å². The topological polar surface area (TPSA) is 64.4 Å². The number of nitrogens with zero attached hydrogens (tertiary/aromatic N) is 3. The number of rotatable bonds is 4. The van der Waals surface area contributed by atoms with Gasteiger partial charge in [-0.15, -0.1) is 0 Å². The maximum atomic E-state index is 13.1. The average molecular weight is 361 g/mol. The first-order chi connectivity index (χ1) is 12.1. The molecule has 0 saturated carbocycles. The van der Waals surface area contributed by atoms with Crippen LogP contribution in [0, 0.1) is 0 Å². The van der Waals surface area contributed by atoms with Crippen molar-refractivity contribution in [1.82, 2.24) is 14.1 Å². The molecule has 0 amide bonds. The number of morpholine rings is 1. The van der Waals surface area contributed by atoms with Gasteiger partial charge in [-0.25, -0.2) is 8.42 Å². The molecule has 1 aliphatic heterocycles. The fourth-order valence-electron chi connectivity index (χ4n) is 3.66. The Labute approximate surface area is 148 Å². The van der Waals surface area contributed by atoms with Crippen LogP contribution in [0.1, 0.15) is 24.0 Å². The molecule has 2 heterocycles. The predicted molar refractivity (Wildman–Crippen MR) is 93.8 cm³/mol. The van der Waals surface area contributed by atoms with E-state index in [2.05, 4.69) is 5.10 Å². The number of ether oxygens (including phenoxy) is 1. The van der Waals surface area contributed by atoms with Gasteiger partial charge in [-0.2, -0.15) is 9.40 Å². The summed E-state index contributed by atoms with van der Waals surface area (Å²) in [7, 11) is -3.48. The molecular weight excluding hydrogens is 338 g/mol. The summed E-state index contributed by atoms with van der Waals surface area (Å²) in [4.78, 5) is 0.410. The van der Waals surface area contributed by atoms with Crippen LogP contribution < -0.4 is 0 Å². The molecule has 1 saturated heterocycles. The minimum Gasteiger partial charge on any atom is -0.374 e. The second-order valence-electron chi connectivity index (χ2n) is 6.72. The Morgan fingerprint density at radius 1 is 1.20 bits per heavy atom. The molecule has 25 heavy (non-hydrogen) atoms. The first-order valence-electron chi connectivity index (χ1n) is 8.84. The van der Waals surface area contributed by atoms with E-state index in [0.29, 0.717) is 31.1 Å². The van der Waals surface area contributed by atoms with Gasteiger partial charge in [-0.1, -0.05) is 6.07 Å². The van der Waals surface area contributed by atoms with Crippen LogP contribution in [0.3, 0.4) is 0 Å². The summed E-state index contributed by atoms with van der Waals surface area (Å²) < 4.78 is 35.2. The lowest BCUT2D eigenvalue weighted by Crippen LogP contribution is -2.47. The zero-order valence-electron chi connectivity index (χ0n) is 14.2. The number of aryl methyl sites for hydroxylation is 2. The standard InChI is InChI=1S/C18H23N3O3S/c22-25(23,18-7-6-15-4-1-2-5-16(15)12-18)21-10-11-24-17(14-21)13-20-9-3-8-19-20/h3,6-9,12,17H,1-2,4-5,10-11,13-14H2. The quantitative estimate of drug-likeness (QED) is 0.834. The largest absolute Gasteiger partial charge is 0.374 e. The monoisotopic (exact) mass is 361 g/mol. The molecule has 2 aliphatic rings. The fraction of sp³-hybridized carbons (Fsp3) is 0.500. The third kappa shape index (κ3) is 3.49. The third-order valence-corrected chi connectivity index (χ3v) is 6.87. The van der Waals surface area contributed by atoms with E-state index in [4.69, 9.17) is 4.74 Å². The van der Waals surface area contributed by atoms with Crippen molar-refractivity contribution in [3.8, 4) is 0 Å². The lowest BCUT2D eigenvalue weighted by atomic mass is 9.92. The highest BCUT2D eigenvalue weighted by atomic mass is 32.2. The summed E-state index contributed by atoms with van der Waals surface area (Å²) in [5.41, 5.74) is 2.48. The van der Waals surface area contributed by atoms with E-state index in [-0.39, 0.29) is 6.10 Å². The van der Waals surface area contributed by atoms with Crippen LogP contribution in [0.2, 0.25) is 0 Å². The lowest BCUT2D eigenvalue weighted by Gasteiger charge is -2.32. The summed E-state index contributed by atoms with van der Waals surface area (Å²) in [5, 5.41) is 4.17. The van der Waals surface area contributed by atoms with Crippen molar-refractivity contribution in [2.24, 2.45) is 0 Å². The number of sulfonamides is 1. The van der Waals surface area contributed by atoms with E-state index in [1.165, 1.54) is 17.5 Å². The van der Waals surface area contributed by atoms with Gasteiger partial charge in [-0.05, 0) is 55.0 Å².